The van der Waals surface area contributed by atoms with Crippen LogP contribution in [0, 0.1) is 0 Å². The van der Waals surface area contributed by atoms with Crippen LogP contribution in [-0.4, -0.2) is 34.9 Å². The first-order valence-corrected chi connectivity index (χ1v) is 13.4. The van der Waals surface area contributed by atoms with E-state index in [0.29, 0.717) is 12.8 Å². The van der Waals surface area contributed by atoms with Crippen LogP contribution in [0.1, 0.15) is 136 Å². The highest BCUT2D eigenvalue weighted by molar-refractivity contribution is 5.76. The van der Waals surface area contributed by atoms with Crippen LogP contribution in [0.2, 0.25) is 0 Å². The second-order valence-corrected chi connectivity index (χ2v) is 9.11. The van der Waals surface area contributed by atoms with Crippen LogP contribution in [0.15, 0.2) is 12.2 Å². The number of hydrogen-bond donors (Lipinski definition) is 3. The van der Waals surface area contributed by atoms with Gasteiger partial charge in [-0.3, -0.25) is 4.79 Å². The van der Waals surface area contributed by atoms with Crippen molar-refractivity contribution in [1.82, 2.24) is 5.32 Å². The summed E-state index contributed by atoms with van der Waals surface area (Å²) >= 11 is 0. The Morgan fingerprint density at radius 3 is 1.77 bits per heavy atom. The second kappa shape index (κ2) is 23.8. The SMILES string of the molecule is CCCCCC/C=C\CCCC(=O)NC(CO)C(O)CCCCCCCCCCCC. The monoisotopic (exact) mass is 439 g/mol. The van der Waals surface area contributed by atoms with Crippen LogP contribution >= 0.6 is 0 Å². The Kier molecular flexibility index (Phi) is 23.1. The molecule has 0 aliphatic carbocycles. The van der Waals surface area contributed by atoms with E-state index in [1.807, 2.05) is 0 Å². The highest BCUT2D eigenvalue weighted by Crippen LogP contribution is 2.13. The molecule has 0 heterocycles. The number of allylic oxidation sites excluding steroid dienone is 2. The van der Waals surface area contributed by atoms with Gasteiger partial charge >= 0.3 is 0 Å². The van der Waals surface area contributed by atoms with Crippen molar-refractivity contribution in [3.63, 3.8) is 0 Å². The predicted octanol–water partition coefficient (Wildman–Crippen LogP) is 6.83. The molecule has 184 valence electrons. The van der Waals surface area contributed by atoms with Gasteiger partial charge in [-0.2, -0.15) is 0 Å². The van der Waals surface area contributed by atoms with Gasteiger partial charge in [0.1, 0.15) is 0 Å². The fraction of sp³-hybridized carbons (Fsp3) is 0.889. The minimum absolute atomic E-state index is 0.0717. The molecule has 0 saturated heterocycles. The Labute approximate surface area is 193 Å². The number of carbonyl (C=O) groups excluding carboxylic acids is 1. The van der Waals surface area contributed by atoms with Gasteiger partial charge in [0.25, 0.3) is 0 Å². The first-order chi connectivity index (χ1) is 15.2. The van der Waals surface area contributed by atoms with Crippen molar-refractivity contribution >= 4 is 5.91 Å². The maximum absolute atomic E-state index is 12.1. The quantitative estimate of drug-likeness (QED) is 0.121. The molecule has 2 atom stereocenters. The summed E-state index contributed by atoms with van der Waals surface area (Å²) in [5.41, 5.74) is 0. The first kappa shape index (κ1) is 30.1. The fourth-order valence-electron chi connectivity index (χ4n) is 3.89. The number of rotatable bonds is 23. The second-order valence-electron chi connectivity index (χ2n) is 9.11. The van der Waals surface area contributed by atoms with Gasteiger partial charge in [0.15, 0.2) is 0 Å². The lowest BCUT2D eigenvalue weighted by Gasteiger charge is -2.22. The van der Waals surface area contributed by atoms with Gasteiger partial charge in [0.05, 0.1) is 18.8 Å². The van der Waals surface area contributed by atoms with Crippen molar-refractivity contribution < 1.29 is 15.0 Å². The van der Waals surface area contributed by atoms with E-state index in [0.717, 1.165) is 32.1 Å². The lowest BCUT2D eigenvalue weighted by atomic mass is 10.0. The van der Waals surface area contributed by atoms with Gasteiger partial charge in [-0.25, -0.2) is 0 Å². The normalized spacial score (nSPS) is 13.5. The van der Waals surface area contributed by atoms with E-state index in [1.165, 1.54) is 77.0 Å². The number of unbranched alkanes of at least 4 members (excludes halogenated alkanes) is 14. The van der Waals surface area contributed by atoms with Gasteiger partial charge in [-0.05, 0) is 32.1 Å². The molecule has 4 heteroatoms. The van der Waals surface area contributed by atoms with E-state index in [9.17, 15) is 15.0 Å². The van der Waals surface area contributed by atoms with Crippen LogP contribution in [0.3, 0.4) is 0 Å². The molecule has 0 aromatic heterocycles. The molecular formula is C27H53NO3. The molecule has 0 aliphatic rings. The third-order valence-corrected chi connectivity index (χ3v) is 6.03. The summed E-state index contributed by atoms with van der Waals surface area (Å²) in [6.45, 7) is 4.26. The molecule has 0 aromatic rings. The average Bonchev–Trinajstić information content (AvgIpc) is 2.77. The largest absolute Gasteiger partial charge is 0.394 e. The highest BCUT2D eigenvalue weighted by atomic mass is 16.3. The minimum atomic E-state index is -0.661. The zero-order chi connectivity index (χ0) is 23.0. The average molecular weight is 440 g/mol. The maximum Gasteiger partial charge on any atom is 0.220 e. The van der Waals surface area contributed by atoms with E-state index in [1.54, 1.807) is 0 Å². The van der Waals surface area contributed by atoms with Gasteiger partial charge in [0, 0.05) is 6.42 Å². The predicted molar refractivity (Wildman–Crippen MR) is 133 cm³/mol. The smallest absolute Gasteiger partial charge is 0.220 e. The number of amides is 1. The third-order valence-electron chi connectivity index (χ3n) is 6.03. The summed E-state index contributed by atoms with van der Waals surface area (Å²) in [6, 6.07) is -0.542. The van der Waals surface area contributed by atoms with E-state index < -0.39 is 12.1 Å². The van der Waals surface area contributed by atoms with Crippen molar-refractivity contribution in [2.45, 2.75) is 148 Å². The molecule has 0 rings (SSSR count). The van der Waals surface area contributed by atoms with Crippen molar-refractivity contribution in [1.29, 1.82) is 0 Å². The van der Waals surface area contributed by atoms with Crippen LogP contribution in [0.4, 0.5) is 0 Å². The van der Waals surface area contributed by atoms with Crippen LogP contribution < -0.4 is 5.32 Å². The Morgan fingerprint density at radius 1 is 0.742 bits per heavy atom. The van der Waals surface area contributed by atoms with Crippen LogP contribution in [0.5, 0.6) is 0 Å². The summed E-state index contributed by atoms with van der Waals surface area (Å²) in [6.07, 6.45) is 25.4. The fourth-order valence-corrected chi connectivity index (χ4v) is 3.89. The molecule has 4 nitrogen and oxygen atoms in total. The zero-order valence-corrected chi connectivity index (χ0v) is 20.8. The van der Waals surface area contributed by atoms with Gasteiger partial charge in [-0.1, -0.05) is 109 Å². The number of carbonyl (C=O) groups is 1. The lowest BCUT2D eigenvalue weighted by molar-refractivity contribution is -0.123. The summed E-state index contributed by atoms with van der Waals surface area (Å²) in [5, 5.41) is 22.7. The Morgan fingerprint density at radius 2 is 1.23 bits per heavy atom. The molecule has 0 aliphatic heterocycles. The minimum Gasteiger partial charge on any atom is -0.394 e. The van der Waals surface area contributed by atoms with Gasteiger partial charge < -0.3 is 15.5 Å². The van der Waals surface area contributed by atoms with E-state index in [-0.39, 0.29) is 12.5 Å². The Balaban J connectivity index is 3.70. The third kappa shape index (κ3) is 20.8. The number of hydrogen-bond acceptors (Lipinski definition) is 3. The van der Waals surface area contributed by atoms with Crippen molar-refractivity contribution in [2.24, 2.45) is 0 Å². The van der Waals surface area contributed by atoms with E-state index in [4.69, 9.17) is 0 Å². The van der Waals surface area contributed by atoms with Crippen LogP contribution in [-0.2, 0) is 4.79 Å². The number of aliphatic hydroxyl groups excluding tert-OH is 2. The molecule has 1 amide bonds. The topological polar surface area (TPSA) is 69.6 Å². The highest BCUT2D eigenvalue weighted by Gasteiger charge is 2.19. The van der Waals surface area contributed by atoms with E-state index >= 15 is 0 Å². The molecule has 0 aromatic carbocycles. The molecular weight excluding hydrogens is 386 g/mol. The van der Waals surface area contributed by atoms with Crippen LogP contribution in [0.25, 0.3) is 0 Å². The first-order valence-electron chi connectivity index (χ1n) is 13.4. The summed E-state index contributed by atoms with van der Waals surface area (Å²) in [4.78, 5) is 12.1. The van der Waals surface area contributed by atoms with Gasteiger partial charge in [0.2, 0.25) is 5.91 Å². The Hall–Kier alpha value is -0.870. The molecule has 2 unspecified atom stereocenters. The summed E-state index contributed by atoms with van der Waals surface area (Å²) in [7, 11) is 0. The van der Waals surface area contributed by atoms with E-state index in [2.05, 4.69) is 31.3 Å². The standard InChI is InChI=1S/C27H53NO3/c1-3-5-7-9-11-13-15-16-18-20-22-26(30)25(24-29)28-27(31)23-21-19-17-14-12-10-8-6-4-2/h14,17,25-26,29-30H,3-13,15-16,18-24H2,1-2H3,(H,28,31)/b17-14-. The number of nitrogens with one attached hydrogen (secondary N) is 1. The maximum atomic E-state index is 12.1. The van der Waals surface area contributed by atoms with Gasteiger partial charge in [-0.15, -0.1) is 0 Å². The number of aliphatic hydroxyl groups is 2. The molecule has 31 heavy (non-hydrogen) atoms. The van der Waals surface area contributed by atoms with Crippen molar-refractivity contribution in [3.05, 3.63) is 12.2 Å². The van der Waals surface area contributed by atoms with Crippen molar-refractivity contribution in [3.8, 4) is 0 Å². The molecule has 0 bridgehead atoms. The molecule has 0 spiro atoms. The summed E-state index contributed by atoms with van der Waals surface area (Å²) < 4.78 is 0. The lowest BCUT2D eigenvalue weighted by Crippen LogP contribution is -2.45. The summed E-state index contributed by atoms with van der Waals surface area (Å²) in [5.74, 6) is -0.0717. The molecule has 3 N–H and O–H groups in total. The molecule has 0 fully saturated rings. The van der Waals surface area contributed by atoms with Crippen molar-refractivity contribution in [2.75, 3.05) is 6.61 Å². The zero-order valence-electron chi connectivity index (χ0n) is 20.8. The molecule has 0 radical (unpaired) electrons. The molecule has 0 saturated carbocycles. The Bertz CT molecular complexity index is 411.